The van der Waals surface area contributed by atoms with E-state index in [1.165, 1.54) is 0 Å². The van der Waals surface area contributed by atoms with Crippen LogP contribution in [0.25, 0.3) is 0 Å². The van der Waals surface area contributed by atoms with E-state index in [1.807, 2.05) is 6.07 Å². The number of rotatable bonds is 7. The molecule has 1 N–H and O–H groups in total. The predicted molar refractivity (Wildman–Crippen MR) is 84.1 cm³/mol. The summed E-state index contributed by atoms with van der Waals surface area (Å²) in [5.41, 5.74) is 1.87. The van der Waals surface area contributed by atoms with Gasteiger partial charge in [-0.25, -0.2) is 0 Å². The third-order valence-electron chi connectivity index (χ3n) is 3.75. The summed E-state index contributed by atoms with van der Waals surface area (Å²) in [5.74, 6) is 0.501. The highest BCUT2D eigenvalue weighted by atomic mass is 16.6. The molecule has 6 nitrogen and oxygen atoms in total. The summed E-state index contributed by atoms with van der Waals surface area (Å²) in [6.45, 7) is 5.44. The number of nitro benzene ring substituents is 1. The van der Waals surface area contributed by atoms with Crippen LogP contribution in [-0.4, -0.2) is 38.3 Å². The van der Waals surface area contributed by atoms with Gasteiger partial charge in [-0.2, -0.15) is 0 Å². The molecule has 2 rings (SSSR count). The van der Waals surface area contributed by atoms with Crippen molar-refractivity contribution in [3.05, 3.63) is 28.3 Å². The molecule has 1 saturated heterocycles. The Balaban J connectivity index is 2.17. The Morgan fingerprint density at radius 1 is 1.48 bits per heavy atom. The Morgan fingerprint density at radius 2 is 2.29 bits per heavy atom. The molecular formula is C15H23N3O3. The molecule has 1 aliphatic rings. The van der Waals surface area contributed by atoms with E-state index in [1.54, 1.807) is 19.2 Å². The Kier molecular flexibility index (Phi) is 5.38. The van der Waals surface area contributed by atoms with Gasteiger partial charge in [0.1, 0.15) is 0 Å². The molecule has 1 atom stereocenters. The molecule has 1 unspecified atom stereocenters. The van der Waals surface area contributed by atoms with Crippen molar-refractivity contribution in [1.82, 2.24) is 0 Å². The number of nitro groups is 1. The van der Waals surface area contributed by atoms with E-state index in [0.717, 1.165) is 50.5 Å². The summed E-state index contributed by atoms with van der Waals surface area (Å²) >= 11 is 0. The van der Waals surface area contributed by atoms with E-state index >= 15 is 0 Å². The molecule has 0 spiro atoms. The Bertz CT molecular complexity index is 493. The van der Waals surface area contributed by atoms with Gasteiger partial charge in [0, 0.05) is 56.2 Å². The summed E-state index contributed by atoms with van der Waals surface area (Å²) in [6.07, 6.45) is 2.05. The molecule has 0 aliphatic carbocycles. The first-order chi connectivity index (χ1) is 10.1. The molecule has 0 aromatic heterocycles. The number of hydrogen-bond donors (Lipinski definition) is 1. The standard InChI is InChI=1S/C15H23N3O3/c1-3-5-16-13-7-14(9-15(8-13)18(19)20)17-6-4-12(10-17)11-21-2/h7-9,12,16H,3-6,10-11H2,1-2H3. The minimum absolute atomic E-state index is 0.140. The number of hydrogen-bond acceptors (Lipinski definition) is 5. The van der Waals surface area contributed by atoms with Crippen molar-refractivity contribution < 1.29 is 9.66 Å². The molecule has 0 amide bonds. The summed E-state index contributed by atoms with van der Waals surface area (Å²) in [7, 11) is 1.71. The third kappa shape index (κ3) is 4.07. The molecule has 21 heavy (non-hydrogen) atoms. The number of methoxy groups -OCH3 is 1. The maximum atomic E-state index is 11.1. The lowest BCUT2D eigenvalue weighted by molar-refractivity contribution is -0.384. The van der Waals surface area contributed by atoms with Crippen LogP contribution in [0.2, 0.25) is 0 Å². The van der Waals surface area contributed by atoms with Crippen LogP contribution >= 0.6 is 0 Å². The summed E-state index contributed by atoms with van der Waals surface area (Å²) in [5, 5.41) is 14.3. The van der Waals surface area contributed by atoms with Gasteiger partial charge in [-0.15, -0.1) is 0 Å². The van der Waals surface area contributed by atoms with Crippen LogP contribution in [0.5, 0.6) is 0 Å². The molecule has 1 aromatic rings. The molecule has 0 bridgehead atoms. The van der Waals surface area contributed by atoms with Crippen molar-refractivity contribution in [2.24, 2.45) is 5.92 Å². The van der Waals surface area contributed by atoms with E-state index in [4.69, 9.17) is 4.74 Å². The van der Waals surface area contributed by atoms with Crippen LogP contribution in [0.3, 0.4) is 0 Å². The summed E-state index contributed by atoms with van der Waals surface area (Å²) < 4.78 is 5.20. The Hall–Kier alpha value is -1.82. The topological polar surface area (TPSA) is 67.6 Å². The molecule has 0 radical (unpaired) electrons. The van der Waals surface area contributed by atoms with E-state index in [-0.39, 0.29) is 10.6 Å². The molecule has 1 aliphatic heterocycles. The van der Waals surface area contributed by atoms with Crippen LogP contribution < -0.4 is 10.2 Å². The Morgan fingerprint density at radius 3 is 2.95 bits per heavy atom. The normalized spacial score (nSPS) is 18.0. The number of anilines is 2. The largest absolute Gasteiger partial charge is 0.385 e. The van der Waals surface area contributed by atoms with Gasteiger partial charge < -0.3 is 15.0 Å². The van der Waals surface area contributed by atoms with Crippen LogP contribution in [0.4, 0.5) is 17.1 Å². The fourth-order valence-corrected chi connectivity index (χ4v) is 2.69. The zero-order valence-electron chi connectivity index (χ0n) is 12.7. The van der Waals surface area contributed by atoms with Crippen molar-refractivity contribution in [2.75, 3.05) is 43.6 Å². The van der Waals surface area contributed by atoms with Gasteiger partial charge in [0.15, 0.2) is 0 Å². The zero-order chi connectivity index (χ0) is 15.2. The summed E-state index contributed by atoms with van der Waals surface area (Å²) in [6, 6.07) is 5.26. The average Bonchev–Trinajstić information content (AvgIpc) is 2.94. The van der Waals surface area contributed by atoms with Crippen LogP contribution in [0.15, 0.2) is 18.2 Å². The quantitative estimate of drug-likeness (QED) is 0.618. The molecule has 6 heteroatoms. The van der Waals surface area contributed by atoms with E-state index in [0.29, 0.717) is 5.92 Å². The van der Waals surface area contributed by atoms with E-state index in [2.05, 4.69) is 17.1 Å². The lowest BCUT2D eigenvalue weighted by Crippen LogP contribution is -2.21. The van der Waals surface area contributed by atoms with Crippen molar-refractivity contribution in [3.8, 4) is 0 Å². The van der Waals surface area contributed by atoms with Gasteiger partial charge in [-0.1, -0.05) is 6.92 Å². The summed E-state index contributed by atoms with van der Waals surface area (Å²) in [4.78, 5) is 13.0. The van der Waals surface area contributed by atoms with Gasteiger partial charge in [0.2, 0.25) is 0 Å². The number of non-ortho nitro benzene ring substituents is 1. The highest BCUT2D eigenvalue weighted by Gasteiger charge is 2.24. The van der Waals surface area contributed by atoms with Crippen molar-refractivity contribution in [3.63, 3.8) is 0 Å². The first-order valence-corrected chi connectivity index (χ1v) is 7.41. The van der Waals surface area contributed by atoms with Crippen LogP contribution in [0, 0.1) is 16.0 Å². The third-order valence-corrected chi connectivity index (χ3v) is 3.75. The monoisotopic (exact) mass is 293 g/mol. The number of nitrogens with one attached hydrogen (secondary N) is 1. The van der Waals surface area contributed by atoms with E-state index < -0.39 is 0 Å². The number of benzene rings is 1. The molecule has 1 fully saturated rings. The zero-order valence-corrected chi connectivity index (χ0v) is 12.7. The first kappa shape index (κ1) is 15.6. The van der Waals surface area contributed by atoms with Gasteiger partial charge in [0.05, 0.1) is 11.5 Å². The molecule has 116 valence electrons. The van der Waals surface area contributed by atoms with Gasteiger partial charge in [0.25, 0.3) is 5.69 Å². The van der Waals surface area contributed by atoms with Gasteiger partial charge in [-0.3, -0.25) is 10.1 Å². The van der Waals surface area contributed by atoms with Crippen molar-refractivity contribution in [2.45, 2.75) is 19.8 Å². The van der Waals surface area contributed by atoms with Crippen molar-refractivity contribution in [1.29, 1.82) is 0 Å². The van der Waals surface area contributed by atoms with Crippen LogP contribution in [-0.2, 0) is 4.74 Å². The fraction of sp³-hybridized carbons (Fsp3) is 0.600. The Labute approximate surface area is 125 Å². The average molecular weight is 293 g/mol. The lowest BCUT2D eigenvalue weighted by Gasteiger charge is -2.19. The molecule has 1 heterocycles. The minimum Gasteiger partial charge on any atom is -0.385 e. The lowest BCUT2D eigenvalue weighted by atomic mass is 10.1. The van der Waals surface area contributed by atoms with Crippen LogP contribution in [0.1, 0.15) is 19.8 Å². The maximum Gasteiger partial charge on any atom is 0.273 e. The highest BCUT2D eigenvalue weighted by Crippen LogP contribution is 2.30. The second-order valence-corrected chi connectivity index (χ2v) is 5.48. The van der Waals surface area contributed by atoms with Gasteiger partial charge in [-0.05, 0) is 18.9 Å². The van der Waals surface area contributed by atoms with Gasteiger partial charge >= 0.3 is 0 Å². The fourth-order valence-electron chi connectivity index (χ4n) is 2.69. The second kappa shape index (κ2) is 7.26. The molecular weight excluding hydrogens is 270 g/mol. The second-order valence-electron chi connectivity index (χ2n) is 5.48. The SMILES string of the molecule is CCCNc1cc(N2CCC(COC)C2)cc([N+](=O)[O-])c1. The molecule has 1 aromatic carbocycles. The number of nitrogens with zero attached hydrogens (tertiary/aromatic N) is 2. The minimum atomic E-state index is -0.330. The first-order valence-electron chi connectivity index (χ1n) is 7.41. The van der Waals surface area contributed by atoms with E-state index in [9.17, 15) is 10.1 Å². The van der Waals surface area contributed by atoms with Crippen molar-refractivity contribution >= 4 is 17.1 Å². The predicted octanol–water partition coefficient (Wildman–Crippen LogP) is 2.89. The number of ether oxygens (including phenoxy) is 1. The smallest absolute Gasteiger partial charge is 0.273 e. The molecule has 0 saturated carbocycles. The maximum absolute atomic E-state index is 11.1. The highest BCUT2D eigenvalue weighted by molar-refractivity contribution is 5.64.